The van der Waals surface area contributed by atoms with E-state index in [1.807, 2.05) is 59.3 Å². The second kappa shape index (κ2) is 7.74. The SMILES string of the molecule is O=C(Cn1c2c(c3ccccc31)CCn1c-2nc2ccccc2c1=O)NCCn1cccn1. The molecule has 8 heteroatoms. The van der Waals surface area contributed by atoms with Gasteiger partial charge < -0.3 is 9.88 Å². The number of aromatic nitrogens is 5. The minimum absolute atomic E-state index is 0.0401. The third-order valence-electron chi connectivity index (χ3n) is 6.26. The van der Waals surface area contributed by atoms with Gasteiger partial charge in [0.2, 0.25) is 5.91 Å². The molecule has 2 aromatic carbocycles. The van der Waals surface area contributed by atoms with E-state index in [1.54, 1.807) is 15.4 Å². The molecule has 0 saturated carbocycles. The molecule has 6 rings (SSSR count). The predicted octanol–water partition coefficient (Wildman–Crippen LogP) is 2.59. The maximum Gasteiger partial charge on any atom is 0.261 e. The van der Waals surface area contributed by atoms with Crippen LogP contribution in [0.5, 0.6) is 0 Å². The molecule has 0 fully saturated rings. The molecule has 0 spiro atoms. The summed E-state index contributed by atoms with van der Waals surface area (Å²) in [6.45, 7) is 1.82. The van der Waals surface area contributed by atoms with E-state index >= 15 is 0 Å². The van der Waals surface area contributed by atoms with Crippen LogP contribution in [0.15, 0.2) is 71.8 Å². The molecule has 33 heavy (non-hydrogen) atoms. The smallest absolute Gasteiger partial charge is 0.261 e. The molecule has 1 aliphatic heterocycles. The third kappa shape index (κ3) is 3.22. The van der Waals surface area contributed by atoms with Crippen molar-refractivity contribution in [1.29, 1.82) is 0 Å². The van der Waals surface area contributed by atoms with Crippen molar-refractivity contribution >= 4 is 27.7 Å². The Hall–Kier alpha value is -4.20. The van der Waals surface area contributed by atoms with Gasteiger partial charge in [-0.05, 0) is 36.2 Å². The number of fused-ring (bicyclic) bond motifs is 6. The lowest BCUT2D eigenvalue weighted by Crippen LogP contribution is -2.32. The molecule has 8 nitrogen and oxygen atoms in total. The van der Waals surface area contributed by atoms with Crippen LogP contribution >= 0.6 is 0 Å². The number of amides is 1. The number of para-hydroxylation sites is 2. The summed E-state index contributed by atoms with van der Waals surface area (Å²) in [5.41, 5.74) is 3.59. The van der Waals surface area contributed by atoms with Gasteiger partial charge in [0.15, 0.2) is 5.82 Å². The summed E-state index contributed by atoms with van der Waals surface area (Å²) in [5.74, 6) is 0.534. The van der Waals surface area contributed by atoms with Gasteiger partial charge in [-0.25, -0.2) is 4.98 Å². The van der Waals surface area contributed by atoms with Gasteiger partial charge in [0.25, 0.3) is 5.56 Å². The molecule has 3 aromatic heterocycles. The molecule has 1 aliphatic rings. The lowest BCUT2D eigenvalue weighted by Gasteiger charge is -2.21. The van der Waals surface area contributed by atoms with Gasteiger partial charge in [0, 0.05) is 36.4 Å². The Bertz CT molecular complexity index is 1560. The van der Waals surface area contributed by atoms with Crippen LogP contribution in [-0.4, -0.2) is 36.4 Å². The summed E-state index contributed by atoms with van der Waals surface area (Å²) in [7, 11) is 0. The first-order chi connectivity index (χ1) is 16.2. The van der Waals surface area contributed by atoms with E-state index in [1.165, 1.54) is 0 Å². The summed E-state index contributed by atoms with van der Waals surface area (Å²) in [4.78, 5) is 31.0. The van der Waals surface area contributed by atoms with Crippen molar-refractivity contribution < 1.29 is 4.79 Å². The first kappa shape index (κ1) is 19.5. The van der Waals surface area contributed by atoms with Gasteiger partial charge in [-0.2, -0.15) is 5.10 Å². The van der Waals surface area contributed by atoms with E-state index < -0.39 is 0 Å². The van der Waals surface area contributed by atoms with Crippen LogP contribution in [0.3, 0.4) is 0 Å². The van der Waals surface area contributed by atoms with Crippen molar-refractivity contribution in [3.63, 3.8) is 0 Å². The lowest BCUT2D eigenvalue weighted by molar-refractivity contribution is -0.121. The van der Waals surface area contributed by atoms with Crippen LogP contribution in [0.1, 0.15) is 5.56 Å². The van der Waals surface area contributed by atoms with Crippen molar-refractivity contribution in [3.05, 3.63) is 82.9 Å². The highest BCUT2D eigenvalue weighted by atomic mass is 16.2. The number of rotatable bonds is 5. The van der Waals surface area contributed by atoms with Crippen molar-refractivity contribution in [1.82, 2.24) is 29.2 Å². The molecule has 164 valence electrons. The molecule has 0 atom stereocenters. The van der Waals surface area contributed by atoms with Crippen LogP contribution in [-0.2, 0) is 30.8 Å². The summed E-state index contributed by atoms with van der Waals surface area (Å²) in [6, 6.07) is 17.4. The largest absolute Gasteiger partial charge is 0.353 e. The Morgan fingerprint density at radius 1 is 1.03 bits per heavy atom. The highest BCUT2D eigenvalue weighted by molar-refractivity contribution is 5.93. The Labute approximate surface area is 189 Å². The van der Waals surface area contributed by atoms with E-state index in [0.717, 1.165) is 28.6 Å². The van der Waals surface area contributed by atoms with Crippen molar-refractivity contribution in [2.45, 2.75) is 26.1 Å². The maximum atomic E-state index is 13.2. The monoisotopic (exact) mass is 438 g/mol. The molecule has 0 unspecified atom stereocenters. The zero-order valence-electron chi connectivity index (χ0n) is 17.9. The number of carbonyl (C=O) groups is 1. The number of nitrogens with zero attached hydrogens (tertiary/aromatic N) is 5. The standard InChI is InChI=1S/C25H22N6O2/c32-22(26-12-15-29-13-5-11-27-29)16-31-21-9-4-2-6-17(21)18-10-14-30-24(23(18)31)28-20-8-3-1-7-19(20)25(30)33/h1-9,11,13H,10,12,14-16H2,(H,26,32). The lowest BCUT2D eigenvalue weighted by atomic mass is 10.0. The third-order valence-corrected chi connectivity index (χ3v) is 6.26. The first-order valence-electron chi connectivity index (χ1n) is 11.0. The number of benzene rings is 2. The minimum atomic E-state index is -0.0917. The fourth-order valence-electron chi connectivity index (χ4n) is 4.77. The predicted molar refractivity (Wildman–Crippen MR) is 126 cm³/mol. The van der Waals surface area contributed by atoms with Gasteiger partial charge in [-0.15, -0.1) is 0 Å². The minimum Gasteiger partial charge on any atom is -0.353 e. The number of hydrogen-bond donors (Lipinski definition) is 1. The normalized spacial score (nSPS) is 12.6. The molecule has 0 saturated heterocycles. The van der Waals surface area contributed by atoms with Crippen LogP contribution in [0.2, 0.25) is 0 Å². The average molecular weight is 438 g/mol. The van der Waals surface area contributed by atoms with Crippen LogP contribution in [0.25, 0.3) is 33.3 Å². The Kier molecular flexibility index (Phi) is 4.57. The van der Waals surface area contributed by atoms with Gasteiger partial charge in [-0.1, -0.05) is 30.3 Å². The van der Waals surface area contributed by atoms with Crippen molar-refractivity contribution in [2.24, 2.45) is 0 Å². The Morgan fingerprint density at radius 2 is 1.85 bits per heavy atom. The van der Waals surface area contributed by atoms with Crippen molar-refractivity contribution in [3.8, 4) is 11.5 Å². The fraction of sp³-hybridized carbons (Fsp3) is 0.200. The Balaban J connectivity index is 1.43. The maximum absolute atomic E-state index is 13.2. The fourth-order valence-corrected chi connectivity index (χ4v) is 4.77. The molecule has 0 radical (unpaired) electrons. The van der Waals surface area contributed by atoms with Crippen LogP contribution < -0.4 is 10.9 Å². The molecule has 1 N–H and O–H groups in total. The summed E-state index contributed by atoms with van der Waals surface area (Å²) in [6.07, 6.45) is 4.31. The topological polar surface area (TPSA) is 86.7 Å². The summed E-state index contributed by atoms with van der Waals surface area (Å²) >= 11 is 0. The second-order valence-corrected chi connectivity index (χ2v) is 8.21. The Morgan fingerprint density at radius 3 is 2.70 bits per heavy atom. The number of aryl methyl sites for hydroxylation is 1. The van der Waals surface area contributed by atoms with Gasteiger partial charge in [0.05, 0.1) is 23.1 Å². The zero-order valence-corrected chi connectivity index (χ0v) is 17.9. The van der Waals surface area contributed by atoms with Gasteiger partial charge in [0.1, 0.15) is 6.54 Å². The molecule has 5 aromatic rings. The highest BCUT2D eigenvalue weighted by Crippen LogP contribution is 2.36. The quantitative estimate of drug-likeness (QED) is 0.457. The van der Waals surface area contributed by atoms with E-state index in [-0.39, 0.29) is 18.0 Å². The van der Waals surface area contributed by atoms with Gasteiger partial charge >= 0.3 is 0 Å². The molecular weight excluding hydrogens is 416 g/mol. The molecular formula is C25H22N6O2. The molecule has 0 bridgehead atoms. The molecule has 0 aliphatic carbocycles. The zero-order chi connectivity index (χ0) is 22.4. The van der Waals surface area contributed by atoms with Crippen molar-refractivity contribution in [2.75, 3.05) is 6.54 Å². The molecule has 1 amide bonds. The van der Waals surface area contributed by atoms with Crippen LogP contribution in [0.4, 0.5) is 0 Å². The number of carbonyl (C=O) groups excluding carboxylic acids is 1. The summed E-state index contributed by atoms with van der Waals surface area (Å²) in [5, 5.41) is 8.87. The van der Waals surface area contributed by atoms with E-state index in [0.29, 0.717) is 36.4 Å². The summed E-state index contributed by atoms with van der Waals surface area (Å²) < 4.78 is 5.53. The van der Waals surface area contributed by atoms with Crippen LogP contribution in [0, 0.1) is 0 Å². The van der Waals surface area contributed by atoms with E-state index in [9.17, 15) is 9.59 Å². The molecule has 4 heterocycles. The van der Waals surface area contributed by atoms with E-state index in [4.69, 9.17) is 4.98 Å². The number of hydrogen-bond acceptors (Lipinski definition) is 4. The average Bonchev–Trinajstić information content (AvgIpc) is 3.46. The number of nitrogens with one attached hydrogen (secondary N) is 1. The first-order valence-corrected chi connectivity index (χ1v) is 11.0. The van der Waals surface area contributed by atoms with E-state index in [2.05, 4.69) is 16.5 Å². The second-order valence-electron chi connectivity index (χ2n) is 8.21. The highest BCUT2D eigenvalue weighted by Gasteiger charge is 2.27. The van der Waals surface area contributed by atoms with Gasteiger partial charge in [-0.3, -0.25) is 18.8 Å².